The summed E-state index contributed by atoms with van der Waals surface area (Å²) in [5.74, 6) is -2.64. The molecule has 0 aromatic heterocycles. The number of rotatable bonds is 14. The molecule has 0 aliphatic heterocycles. The lowest BCUT2D eigenvalue weighted by molar-refractivity contribution is -0.171. The number of halogens is 4. The Kier molecular flexibility index (Phi) is 11.0. The van der Waals surface area contributed by atoms with Crippen molar-refractivity contribution in [3.63, 3.8) is 0 Å². The van der Waals surface area contributed by atoms with Crippen LogP contribution in [-0.2, 0) is 28.6 Å². The van der Waals surface area contributed by atoms with Crippen LogP contribution >= 0.6 is 23.2 Å². The molecule has 3 aliphatic carbocycles. The predicted molar refractivity (Wildman–Crippen MR) is 151 cm³/mol. The highest BCUT2D eigenvalue weighted by atomic mass is 35.5. The smallest absolute Gasteiger partial charge is 0.332 e. The number of benzene rings is 2. The third kappa shape index (κ3) is 8.69. The van der Waals surface area contributed by atoms with Gasteiger partial charge in [-0.2, -0.15) is 0 Å². The first-order valence-corrected chi connectivity index (χ1v) is 14.3. The number of nitrogens with one attached hydrogen (secondary N) is 2. The Morgan fingerprint density at radius 2 is 1.40 bits per heavy atom. The molecule has 3 saturated carbocycles. The van der Waals surface area contributed by atoms with E-state index < -0.39 is 53.2 Å². The molecule has 0 spiro atoms. The maximum absolute atomic E-state index is 13.8. The lowest BCUT2D eigenvalue weighted by Crippen LogP contribution is -2.71. The van der Waals surface area contributed by atoms with E-state index in [1.165, 1.54) is 31.4 Å². The largest absolute Gasteiger partial charge is 0.484 e. The van der Waals surface area contributed by atoms with Gasteiger partial charge in [0, 0.05) is 31.2 Å². The van der Waals surface area contributed by atoms with Crippen LogP contribution in [0, 0.1) is 11.6 Å². The van der Waals surface area contributed by atoms with Gasteiger partial charge in [-0.25, -0.2) is 13.6 Å². The number of ether oxygens (including phenoxy) is 5. The predicted octanol–water partition coefficient (Wildman–Crippen LogP) is 3.99. The molecule has 10 nitrogen and oxygen atoms in total. The van der Waals surface area contributed by atoms with E-state index in [1.54, 1.807) is 0 Å². The Balaban J connectivity index is 1.40. The number of hydrogen-bond donors (Lipinski definition) is 2. The molecule has 5 rings (SSSR count). The molecule has 2 N–H and O–H groups in total. The molecule has 0 radical (unpaired) electrons. The number of amides is 2. The lowest BCUT2D eigenvalue weighted by Gasteiger charge is -2.57. The highest BCUT2D eigenvalue weighted by Gasteiger charge is 2.57. The van der Waals surface area contributed by atoms with Gasteiger partial charge in [-0.3, -0.25) is 9.59 Å². The normalized spacial score (nSPS) is 22.5. The van der Waals surface area contributed by atoms with Crippen molar-refractivity contribution in [3.8, 4) is 11.5 Å². The van der Waals surface area contributed by atoms with Gasteiger partial charge < -0.3 is 34.3 Å². The number of fused-ring (bicyclic) bond motifs is 3. The first-order chi connectivity index (χ1) is 20.5. The standard InChI is InChI=1S/C29H32Cl2F2N2O8/c1-39-10-11-40-17-27(38)43-24-14-28(34-25(36)15-41-18-2-4-20(30)22(32)12-18)6-8-29(24,9-7-28)35-26(37)16-42-19-3-5-21(31)23(33)13-19/h2-5,12-13,24H,6-11,14-17H2,1H3,(H,34,36)(H,35,37)/t24-,28?,29?/m0/s1. The number of hydrogen-bond acceptors (Lipinski definition) is 8. The third-order valence-corrected chi connectivity index (χ3v) is 8.15. The average Bonchev–Trinajstić information content (AvgIpc) is 2.97. The van der Waals surface area contributed by atoms with Crippen LogP contribution in [0.15, 0.2) is 36.4 Å². The quantitative estimate of drug-likeness (QED) is 0.234. The van der Waals surface area contributed by atoms with E-state index in [0.717, 1.165) is 12.1 Å². The molecule has 1 atom stereocenters. The Morgan fingerprint density at radius 1 is 0.837 bits per heavy atom. The van der Waals surface area contributed by atoms with Crippen LogP contribution in [0.5, 0.6) is 11.5 Å². The van der Waals surface area contributed by atoms with Crippen molar-refractivity contribution in [1.82, 2.24) is 10.6 Å². The summed E-state index contributed by atoms with van der Waals surface area (Å²) < 4.78 is 54.3. The molecule has 0 heterocycles. The maximum atomic E-state index is 13.8. The van der Waals surface area contributed by atoms with Crippen LogP contribution < -0.4 is 20.1 Å². The third-order valence-electron chi connectivity index (χ3n) is 7.53. The van der Waals surface area contributed by atoms with Gasteiger partial charge in [0.05, 0.1) is 28.8 Å². The molecule has 0 unspecified atom stereocenters. The summed E-state index contributed by atoms with van der Waals surface area (Å²) in [6.07, 6.45) is 1.17. The summed E-state index contributed by atoms with van der Waals surface area (Å²) in [6, 6.07) is 7.71. The van der Waals surface area contributed by atoms with Crippen molar-refractivity contribution < 1.29 is 46.8 Å². The second-order valence-corrected chi connectivity index (χ2v) is 11.3. The number of carbonyl (C=O) groups is 3. The van der Waals surface area contributed by atoms with Crippen LogP contribution in [0.2, 0.25) is 10.0 Å². The zero-order valence-electron chi connectivity index (χ0n) is 23.4. The summed E-state index contributed by atoms with van der Waals surface area (Å²) in [4.78, 5) is 38.5. The van der Waals surface area contributed by atoms with E-state index in [4.69, 9.17) is 46.9 Å². The fourth-order valence-corrected chi connectivity index (χ4v) is 5.59. The Morgan fingerprint density at radius 3 is 1.93 bits per heavy atom. The molecule has 2 bridgehead atoms. The molecule has 2 aromatic carbocycles. The highest BCUT2D eigenvalue weighted by molar-refractivity contribution is 6.31. The lowest BCUT2D eigenvalue weighted by atomic mass is 9.59. The summed E-state index contributed by atoms with van der Waals surface area (Å²) in [7, 11) is 1.51. The SMILES string of the molecule is COCCOCC(=O)O[C@H]1CC2(NC(=O)COc3ccc(Cl)c(F)c3)CCC1(NC(=O)COc1ccc(Cl)c(F)c1)CC2. The van der Waals surface area contributed by atoms with Crippen LogP contribution in [0.25, 0.3) is 0 Å². The fraction of sp³-hybridized carbons (Fsp3) is 0.483. The van der Waals surface area contributed by atoms with E-state index in [-0.39, 0.29) is 47.8 Å². The van der Waals surface area contributed by atoms with Crippen LogP contribution in [0.4, 0.5) is 8.78 Å². The van der Waals surface area contributed by atoms with Gasteiger partial charge in [0.2, 0.25) is 0 Å². The van der Waals surface area contributed by atoms with Crippen LogP contribution in [0.1, 0.15) is 32.1 Å². The van der Waals surface area contributed by atoms with Crippen molar-refractivity contribution in [2.24, 2.45) is 0 Å². The zero-order chi connectivity index (χ0) is 31.0. The Bertz CT molecular complexity index is 1320. The van der Waals surface area contributed by atoms with Crippen molar-refractivity contribution >= 4 is 41.0 Å². The molecule has 43 heavy (non-hydrogen) atoms. The van der Waals surface area contributed by atoms with Crippen molar-refractivity contribution in [2.45, 2.75) is 49.3 Å². The average molecular weight is 645 g/mol. The van der Waals surface area contributed by atoms with Crippen molar-refractivity contribution in [2.75, 3.05) is 40.1 Å². The minimum absolute atomic E-state index is 0.0641. The van der Waals surface area contributed by atoms with E-state index in [1.807, 2.05) is 0 Å². The van der Waals surface area contributed by atoms with E-state index in [2.05, 4.69) is 10.6 Å². The minimum atomic E-state index is -0.919. The highest BCUT2D eigenvalue weighted by Crippen LogP contribution is 2.48. The van der Waals surface area contributed by atoms with Gasteiger partial charge in [0.25, 0.3) is 11.8 Å². The molecular weight excluding hydrogens is 613 g/mol. The summed E-state index contributed by atoms with van der Waals surface area (Å²) in [5, 5.41) is 5.83. The van der Waals surface area contributed by atoms with Gasteiger partial charge in [0.15, 0.2) is 13.2 Å². The summed E-state index contributed by atoms with van der Waals surface area (Å²) in [5.41, 5.74) is -1.64. The molecule has 2 amide bonds. The van der Waals surface area contributed by atoms with Gasteiger partial charge >= 0.3 is 5.97 Å². The molecule has 2 aromatic rings. The van der Waals surface area contributed by atoms with Crippen molar-refractivity contribution in [1.29, 1.82) is 0 Å². The molecule has 14 heteroatoms. The summed E-state index contributed by atoms with van der Waals surface area (Å²) in [6.45, 7) is -0.606. The number of esters is 1. The molecule has 3 fully saturated rings. The van der Waals surface area contributed by atoms with E-state index >= 15 is 0 Å². The molecule has 234 valence electrons. The minimum Gasteiger partial charge on any atom is -0.484 e. The Hall–Kier alpha value is -3.19. The first kappa shape index (κ1) is 32.7. The molecular formula is C29H32Cl2F2N2O8. The van der Waals surface area contributed by atoms with Gasteiger partial charge in [-0.1, -0.05) is 23.2 Å². The fourth-order valence-electron chi connectivity index (χ4n) is 5.35. The van der Waals surface area contributed by atoms with E-state index in [9.17, 15) is 23.2 Å². The van der Waals surface area contributed by atoms with Gasteiger partial charge in [-0.05, 0) is 49.9 Å². The number of carbonyl (C=O) groups excluding carboxylic acids is 3. The maximum Gasteiger partial charge on any atom is 0.332 e. The van der Waals surface area contributed by atoms with Crippen molar-refractivity contribution in [3.05, 3.63) is 58.1 Å². The molecule has 3 aliphatic rings. The van der Waals surface area contributed by atoms with E-state index in [0.29, 0.717) is 32.3 Å². The van der Waals surface area contributed by atoms with Crippen LogP contribution in [-0.4, -0.2) is 75.1 Å². The Labute approximate surface area is 257 Å². The number of methoxy groups -OCH3 is 1. The first-order valence-electron chi connectivity index (χ1n) is 13.6. The van der Waals surface area contributed by atoms with Gasteiger partial charge in [0.1, 0.15) is 35.8 Å². The second kappa shape index (κ2) is 14.5. The zero-order valence-corrected chi connectivity index (χ0v) is 24.9. The monoisotopic (exact) mass is 644 g/mol. The molecule has 0 saturated heterocycles. The van der Waals surface area contributed by atoms with Crippen LogP contribution in [0.3, 0.4) is 0 Å². The second-order valence-electron chi connectivity index (χ2n) is 10.5. The topological polar surface area (TPSA) is 121 Å². The summed E-state index contributed by atoms with van der Waals surface area (Å²) >= 11 is 11.4. The van der Waals surface area contributed by atoms with Gasteiger partial charge in [-0.15, -0.1) is 0 Å².